The molecule has 5 nitrogen and oxygen atoms in total. The van der Waals surface area contributed by atoms with Gasteiger partial charge in [0.2, 0.25) is 0 Å². The van der Waals surface area contributed by atoms with Crippen molar-refractivity contribution in [2.75, 3.05) is 53.4 Å². The molecule has 0 atom stereocenters. The van der Waals surface area contributed by atoms with Gasteiger partial charge in [0.1, 0.15) is 0 Å². The Labute approximate surface area is 127 Å². The van der Waals surface area contributed by atoms with Crippen LogP contribution in [0.5, 0.6) is 0 Å². The van der Waals surface area contributed by atoms with E-state index in [4.69, 9.17) is 0 Å². The van der Waals surface area contributed by atoms with Gasteiger partial charge in [0, 0.05) is 31.7 Å². The van der Waals surface area contributed by atoms with Crippen LogP contribution >= 0.6 is 0 Å². The second kappa shape index (κ2) is 8.12. The molecule has 2 fully saturated rings. The lowest BCUT2D eigenvalue weighted by Crippen LogP contribution is -2.52. The first-order valence-corrected chi connectivity index (χ1v) is 7.63. The van der Waals surface area contributed by atoms with Gasteiger partial charge in [0.05, 0.1) is 0 Å². The Balaban J connectivity index is 0.000000272. The van der Waals surface area contributed by atoms with Gasteiger partial charge in [0.15, 0.2) is 0 Å². The normalized spacial score (nSPS) is 20.1. The van der Waals surface area contributed by atoms with Crippen molar-refractivity contribution < 1.29 is 4.79 Å². The number of benzene rings is 1. The van der Waals surface area contributed by atoms with Gasteiger partial charge in [0.25, 0.3) is 5.91 Å². The SMILES string of the molecule is CN1CCC1.CN1CCN(NC(=O)c2ccccc2)CC1. The third-order valence-electron chi connectivity index (χ3n) is 3.88. The molecule has 2 saturated heterocycles. The fourth-order valence-electron chi connectivity index (χ4n) is 2.19. The van der Waals surface area contributed by atoms with Crippen LogP contribution in [0.2, 0.25) is 0 Å². The molecule has 1 aromatic carbocycles. The Hall–Kier alpha value is -1.43. The maximum absolute atomic E-state index is 11.8. The smallest absolute Gasteiger partial charge is 0.265 e. The lowest BCUT2D eigenvalue weighted by molar-refractivity contribution is 0.0662. The molecule has 1 aromatic rings. The van der Waals surface area contributed by atoms with E-state index in [0.29, 0.717) is 5.56 Å². The zero-order valence-electron chi connectivity index (χ0n) is 13.1. The summed E-state index contributed by atoms with van der Waals surface area (Å²) in [6.45, 7) is 6.40. The second-order valence-electron chi connectivity index (χ2n) is 5.75. The Morgan fingerprint density at radius 3 is 1.90 bits per heavy atom. The summed E-state index contributed by atoms with van der Waals surface area (Å²) in [6, 6.07) is 9.31. The van der Waals surface area contributed by atoms with Crippen molar-refractivity contribution in [1.29, 1.82) is 0 Å². The fourth-order valence-corrected chi connectivity index (χ4v) is 2.19. The minimum Gasteiger partial charge on any atom is -0.306 e. The highest BCUT2D eigenvalue weighted by Gasteiger charge is 2.16. The summed E-state index contributed by atoms with van der Waals surface area (Å²) in [7, 11) is 4.24. The Bertz CT molecular complexity index is 425. The first-order valence-electron chi connectivity index (χ1n) is 7.63. The standard InChI is InChI=1S/C12H17N3O.C4H9N/c1-14-7-9-15(10-8-14)13-12(16)11-5-3-2-4-6-11;1-5-3-2-4-5/h2-6H,7-10H2,1H3,(H,13,16);2-4H2,1H3. The first-order chi connectivity index (χ1) is 10.1. The molecule has 0 aliphatic carbocycles. The van der Waals surface area contributed by atoms with Crippen LogP contribution in [0.3, 0.4) is 0 Å². The van der Waals surface area contributed by atoms with E-state index < -0.39 is 0 Å². The average molecular weight is 290 g/mol. The van der Waals surface area contributed by atoms with Crippen LogP contribution in [0.15, 0.2) is 30.3 Å². The topological polar surface area (TPSA) is 38.8 Å². The largest absolute Gasteiger partial charge is 0.306 e. The summed E-state index contributed by atoms with van der Waals surface area (Å²) in [5.74, 6) is -0.0230. The number of carbonyl (C=O) groups excluding carboxylic acids is 1. The van der Waals surface area contributed by atoms with Crippen molar-refractivity contribution in [3.05, 3.63) is 35.9 Å². The molecule has 1 N–H and O–H groups in total. The number of amides is 1. The van der Waals surface area contributed by atoms with Crippen LogP contribution in [0.4, 0.5) is 0 Å². The highest BCUT2D eigenvalue weighted by Crippen LogP contribution is 2.01. The molecule has 0 unspecified atom stereocenters. The molecular weight excluding hydrogens is 264 g/mol. The summed E-state index contributed by atoms with van der Waals surface area (Å²) in [6.07, 6.45) is 1.41. The van der Waals surface area contributed by atoms with Gasteiger partial charge in [-0.15, -0.1) is 0 Å². The van der Waals surface area contributed by atoms with Crippen molar-refractivity contribution in [2.45, 2.75) is 6.42 Å². The number of nitrogens with zero attached hydrogens (tertiary/aromatic N) is 3. The van der Waals surface area contributed by atoms with E-state index in [1.54, 1.807) is 0 Å². The molecule has 5 heteroatoms. The van der Waals surface area contributed by atoms with Crippen LogP contribution in [0.1, 0.15) is 16.8 Å². The van der Waals surface area contributed by atoms with Gasteiger partial charge in [-0.2, -0.15) is 0 Å². The summed E-state index contributed by atoms with van der Waals surface area (Å²) in [5.41, 5.74) is 3.63. The van der Waals surface area contributed by atoms with E-state index >= 15 is 0 Å². The number of likely N-dealkylation sites (N-methyl/N-ethyl adjacent to an activating group) is 1. The summed E-state index contributed by atoms with van der Waals surface area (Å²) in [4.78, 5) is 16.4. The number of likely N-dealkylation sites (tertiary alicyclic amines) is 1. The lowest BCUT2D eigenvalue weighted by atomic mass is 10.2. The number of hydrogen-bond acceptors (Lipinski definition) is 4. The number of hydrogen-bond donors (Lipinski definition) is 1. The predicted octanol–water partition coefficient (Wildman–Crippen LogP) is 0.901. The first kappa shape index (κ1) is 15.9. The van der Waals surface area contributed by atoms with E-state index in [2.05, 4.69) is 29.3 Å². The van der Waals surface area contributed by atoms with Crippen LogP contribution in [0.25, 0.3) is 0 Å². The number of piperazine rings is 1. The molecule has 0 aromatic heterocycles. The summed E-state index contributed by atoms with van der Waals surface area (Å²) in [5, 5.41) is 1.98. The van der Waals surface area contributed by atoms with Crippen molar-refractivity contribution in [3.63, 3.8) is 0 Å². The summed E-state index contributed by atoms with van der Waals surface area (Å²) >= 11 is 0. The van der Waals surface area contributed by atoms with Crippen molar-refractivity contribution >= 4 is 5.91 Å². The van der Waals surface area contributed by atoms with Gasteiger partial charge in [-0.1, -0.05) is 18.2 Å². The highest BCUT2D eigenvalue weighted by molar-refractivity contribution is 5.93. The third kappa shape index (κ3) is 5.46. The zero-order valence-corrected chi connectivity index (χ0v) is 13.1. The van der Waals surface area contributed by atoms with E-state index in [9.17, 15) is 4.79 Å². The molecule has 0 bridgehead atoms. The molecule has 3 rings (SSSR count). The van der Waals surface area contributed by atoms with Gasteiger partial charge in [-0.05, 0) is 45.7 Å². The van der Waals surface area contributed by atoms with Crippen LogP contribution in [0, 0.1) is 0 Å². The maximum atomic E-state index is 11.8. The van der Waals surface area contributed by atoms with Gasteiger partial charge in [-0.25, -0.2) is 5.01 Å². The quantitative estimate of drug-likeness (QED) is 0.878. The highest BCUT2D eigenvalue weighted by atomic mass is 16.2. The number of carbonyl (C=O) groups is 1. The molecule has 21 heavy (non-hydrogen) atoms. The Kier molecular flexibility index (Phi) is 6.17. The molecule has 0 saturated carbocycles. The van der Waals surface area contributed by atoms with Crippen LogP contribution in [-0.4, -0.2) is 74.1 Å². The maximum Gasteiger partial charge on any atom is 0.265 e. The molecular formula is C16H26N4O. The fraction of sp³-hybridized carbons (Fsp3) is 0.562. The molecule has 2 heterocycles. The lowest BCUT2D eigenvalue weighted by Gasteiger charge is -2.32. The molecule has 0 radical (unpaired) electrons. The minimum absolute atomic E-state index is 0.0230. The Morgan fingerprint density at radius 2 is 1.43 bits per heavy atom. The second-order valence-corrected chi connectivity index (χ2v) is 5.75. The molecule has 116 valence electrons. The summed E-state index contributed by atoms with van der Waals surface area (Å²) < 4.78 is 0. The predicted molar refractivity (Wildman–Crippen MR) is 85.1 cm³/mol. The van der Waals surface area contributed by atoms with Crippen molar-refractivity contribution in [3.8, 4) is 0 Å². The molecule has 1 amide bonds. The molecule has 0 spiro atoms. The van der Waals surface area contributed by atoms with Crippen LogP contribution < -0.4 is 5.43 Å². The molecule has 2 aliphatic rings. The average Bonchev–Trinajstić information content (AvgIpc) is 2.49. The number of hydrazine groups is 1. The van der Waals surface area contributed by atoms with Gasteiger partial charge >= 0.3 is 0 Å². The minimum atomic E-state index is -0.0230. The van der Waals surface area contributed by atoms with Gasteiger partial charge in [-0.3, -0.25) is 10.2 Å². The van der Waals surface area contributed by atoms with E-state index in [0.717, 1.165) is 26.2 Å². The van der Waals surface area contributed by atoms with Crippen molar-refractivity contribution in [1.82, 2.24) is 20.2 Å². The van der Waals surface area contributed by atoms with Crippen LogP contribution in [-0.2, 0) is 0 Å². The zero-order chi connectivity index (χ0) is 15.1. The third-order valence-corrected chi connectivity index (χ3v) is 3.88. The van der Waals surface area contributed by atoms with E-state index in [1.807, 2.05) is 35.3 Å². The monoisotopic (exact) mass is 290 g/mol. The van der Waals surface area contributed by atoms with E-state index in [-0.39, 0.29) is 5.91 Å². The number of rotatable bonds is 2. The van der Waals surface area contributed by atoms with E-state index in [1.165, 1.54) is 19.5 Å². The molecule has 2 aliphatic heterocycles. The van der Waals surface area contributed by atoms with Crippen molar-refractivity contribution in [2.24, 2.45) is 0 Å². The Morgan fingerprint density at radius 1 is 0.905 bits per heavy atom. The van der Waals surface area contributed by atoms with Gasteiger partial charge < -0.3 is 9.80 Å². The number of nitrogens with one attached hydrogen (secondary N) is 1.